The lowest BCUT2D eigenvalue weighted by Gasteiger charge is -2.08. The smallest absolute Gasteiger partial charge is 0.248 e. The molecule has 0 amide bonds. The molecule has 0 saturated heterocycles. The monoisotopic (exact) mass is 295 g/mol. The zero-order valence-electron chi connectivity index (χ0n) is 12.7. The van der Waals surface area contributed by atoms with Crippen LogP contribution in [0.25, 0.3) is 11.0 Å². The first-order valence-corrected chi connectivity index (χ1v) is 7.12. The minimum absolute atomic E-state index is 0.165. The van der Waals surface area contributed by atoms with Crippen LogP contribution in [-0.2, 0) is 0 Å². The lowest BCUT2D eigenvalue weighted by Crippen LogP contribution is -2.10. The van der Waals surface area contributed by atoms with E-state index in [0.717, 1.165) is 16.7 Å². The number of ketones is 1. The molecule has 22 heavy (non-hydrogen) atoms. The van der Waals surface area contributed by atoms with Crippen LogP contribution in [0.1, 0.15) is 36.2 Å². The first kappa shape index (κ1) is 14.2. The number of hydrogen-bond acceptors (Lipinski definition) is 5. The van der Waals surface area contributed by atoms with E-state index in [4.69, 9.17) is 0 Å². The molecule has 0 bridgehead atoms. The summed E-state index contributed by atoms with van der Waals surface area (Å²) in [4.78, 5) is 25.2. The van der Waals surface area contributed by atoms with Gasteiger partial charge in [0, 0.05) is 30.9 Å². The molecule has 0 aliphatic heterocycles. The van der Waals surface area contributed by atoms with Gasteiger partial charge in [0.2, 0.25) is 11.6 Å². The molecule has 0 aliphatic carbocycles. The standard InChI is InChI=1S/C16H17N5O/c1-10(2)21-7-6-11-8-19-15(20-16(11)21)14(22)13-5-4-12(17-3)9-18-13/h4-10,17H,1-3H3. The van der Waals surface area contributed by atoms with E-state index >= 15 is 0 Å². The van der Waals surface area contributed by atoms with Crippen LogP contribution in [0.3, 0.4) is 0 Å². The summed E-state index contributed by atoms with van der Waals surface area (Å²) in [6, 6.07) is 5.69. The maximum Gasteiger partial charge on any atom is 0.248 e. The van der Waals surface area contributed by atoms with Gasteiger partial charge in [0.15, 0.2) is 0 Å². The Kier molecular flexibility index (Phi) is 3.58. The molecule has 0 atom stereocenters. The third kappa shape index (κ3) is 2.43. The average molecular weight is 295 g/mol. The van der Waals surface area contributed by atoms with Crippen LogP contribution in [-0.4, -0.2) is 32.3 Å². The molecule has 0 fully saturated rings. The third-order valence-corrected chi connectivity index (χ3v) is 3.50. The van der Waals surface area contributed by atoms with Gasteiger partial charge in [-0.1, -0.05) is 0 Å². The van der Waals surface area contributed by atoms with E-state index in [2.05, 4.69) is 34.1 Å². The topological polar surface area (TPSA) is 72.7 Å². The summed E-state index contributed by atoms with van der Waals surface area (Å²) < 4.78 is 2.02. The van der Waals surface area contributed by atoms with Crippen molar-refractivity contribution in [3.05, 3.63) is 48.3 Å². The first-order chi connectivity index (χ1) is 10.6. The largest absolute Gasteiger partial charge is 0.387 e. The summed E-state index contributed by atoms with van der Waals surface area (Å²) in [5, 5.41) is 3.89. The molecular formula is C16H17N5O. The lowest BCUT2D eigenvalue weighted by atomic mass is 10.2. The zero-order valence-corrected chi connectivity index (χ0v) is 12.7. The molecule has 112 valence electrons. The van der Waals surface area contributed by atoms with E-state index in [1.807, 2.05) is 16.8 Å². The Labute approximate surface area is 128 Å². The highest BCUT2D eigenvalue weighted by Crippen LogP contribution is 2.18. The average Bonchev–Trinajstić information content (AvgIpc) is 2.97. The second kappa shape index (κ2) is 5.55. The number of pyridine rings is 1. The third-order valence-electron chi connectivity index (χ3n) is 3.50. The molecule has 0 unspecified atom stereocenters. The molecule has 6 heteroatoms. The fraction of sp³-hybridized carbons (Fsp3) is 0.250. The van der Waals surface area contributed by atoms with E-state index < -0.39 is 0 Å². The summed E-state index contributed by atoms with van der Waals surface area (Å²) in [6.45, 7) is 4.14. The van der Waals surface area contributed by atoms with Crippen LogP contribution >= 0.6 is 0 Å². The summed E-state index contributed by atoms with van der Waals surface area (Å²) in [5.74, 6) is -0.112. The van der Waals surface area contributed by atoms with Crippen molar-refractivity contribution in [2.45, 2.75) is 19.9 Å². The summed E-state index contributed by atoms with van der Waals surface area (Å²) in [5.41, 5.74) is 1.95. The fourth-order valence-electron chi connectivity index (χ4n) is 2.25. The molecule has 0 radical (unpaired) electrons. The van der Waals surface area contributed by atoms with Crippen molar-refractivity contribution in [1.82, 2.24) is 19.5 Å². The van der Waals surface area contributed by atoms with Crippen molar-refractivity contribution >= 4 is 22.5 Å². The van der Waals surface area contributed by atoms with Crippen LogP contribution in [0.15, 0.2) is 36.8 Å². The minimum Gasteiger partial charge on any atom is -0.387 e. The minimum atomic E-state index is -0.277. The SMILES string of the molecule is CNc1ccc(C(=O)c2ncc3ccn(C(C)C)c3n2)nc1. The Hall–Kier alpha value is -2.76. The van der Waals surface area contributed by atoms with E-state index in [1.54, 1.807) is 31.6 Å². The Morgan fingerprint density at radius 1 is 1.18 bits per heavy atom. The van der Waals surface area contributed by atoms with Gasteiger partial charge in [-0.15, -0.1) is 0 Å². The highest BCUT2D eigenvalue weighted by atomic mass is 16.1. The molecule has 0 saturated carbocycles. The summed E-state index contributed by atoms with van der Waals surface area (Å²) in [6.07, 6.45) is 5.25. The molecule has 3 heterocycles. The molecule has 0 aliphatic rings. The van der Waals surface area contributed by atoms with Crippen molar-refractivity contribution < 1.29 is 4.79 Å². The molecular weight excluding hydrogens is 278 g/mol. The van der Waals surface area contributed by atoms with Crippen LogP contribution in [0, 0.1) is 0 Å². The highest BCUT2D eigenvalue weighted by molar-refractivity contribution is 6.05. The van der Waals surface area contributed by atoms with Gasteiger partial charge in [-0.3, -0.25) is 9.78 Å². The summed E-state index contributed by atoms with van der Waals surface area (Å²) in [7, 11) is 1.80. The number of nitrogens with zero attached hydrogens (tertiary/aromatic N) is 4. The number of carbonyl (C=O) groups is 1. The number of rotatable bonds is 4. The fourth-order valence-corrected chi connectivity index (χ4v) is 2.25. The van der Waals surface area contributed by atoms with Gasteiger partial charge in [-0.25, -0.2) is 9.97 Å². The van der Waals surface area contributed by atoms with Crippen molar-refractivity contribution in [3.63, 3.8) is 0 Å². The van der Waals surface area contributed by atoms with Crippen molar-refractivity contribution in [2.75, 3.05) is 12.4 Å². The number of fused-ring (bicyclic) bond motifs is 1. The van der Waals surface area contributed by atoms with E-state index in [0.29, 0.717) is 5.69 Å². The second-order valence-electron chi connectivity index (χ2n) is 5.30. The van der Waals surface area contributed by atoms with Gasteiger partial charge >= 0.3 is 0 Å². The van der Waals surface area contributed by atoms with E-state index in [-0.39, 0.29) is 17.6 Å². The second-order valence-corrected chi connectivity index (χ2v) is 5.30. The van der Waals surface area contributed by atoms with Crippen molar-refractivity contribution in [1.29, 1.82) is 0 Å². The lowest BCUT2D eigenvalue weighted by molar-refractivity contribution is 0.102. The molecule has 3 rings (SSSR count). The first-order valence-electron chi connectivity index (χ1n) is 7.12. The number of aromatic nitrogens is 4. The molecule has 1 N–H and O–H groups in total. The normalized spacial score (nSPS) is 11.1. The molecule has 3 aromatic rings. The maximum absolute atomic E-state index is 12.5. The van der Waals surface area contributed by atoms with Gasteiger partial charge in [-0.2, -0.15) is 0 Å². The number of hydrogen-bond donors (Lipinski definition) is 1. The maximum atomic E-state index is 12.5. The van der Waals surface area contributed by atoms with Gasteiger partial charge in [0.1, 0.15) is 11.3 Å². The van der Waals surface area contributed by atoms with Crippen LogP contribution in [0.5, 0.6) is 0 Å². The van der Waals surface area contributed by atoms with Crippen LogP contribution in [0.4, 0.5) is 5.69 Å². The number of nitrogens with one attached hydrogen (secondary N) is 1. The Morgan fingerprint density at radius 2 is 2.00 bits per heavy atom. The summed E-state index contributed by atoms with van der Waals surface area (Å²) >= 11 is 0. The molecule has 3 aromatic heterocycles. The Balaban J connectivity index is 2.01. The van der Waals surface area contributed by atoms with Crippen LogP contribution < -0.4 is 5.32 Å². The Morgan fingerprint density at radius 3 is 2.64 bits per heavy atom. The molecule has 0 spiro atoms. The van der Waals surface area contributed by atoms with Gasteiger partial charge < -0.3 is 9.88 Å². The van der Waals surface area contributed by atoms with Crippen LogP contribution in [0.2, 0.25) is 0 Å². The van der Waals surface area contributed by atoms with Gasteiger partial charge in [0.05, 0.1) is 11.9 Å². The van der Waals surface area contributed by atoms with E-state index in [1.165, 1.54) is 0 Å². The molecule has 0 aromatic carbocycles. The van der Waals surface area contributed by atoms with Crippen molar-refractivity contribution in [3.8, 4) is 0 Å². The number of anilines is 1. The van der Waals surface area contributed by atoms with Gasteiger partial charge in [-0.05, 0) is 32.0 Å². The predicted molar refractivity (Wildman–Crippen MR) is 85.1 cm³/mol. The highest BCUT2D eigenvalue weighted by Gasteiger charge is 2.16. The Bertz CT molecular complexity index is 820. The quantitative estimate of drug-likeness (QED) is 0.749. The number of carbonyl (C=O) groups excluding carboxylic acids is 1. The zero-order chi connectivity index (χ0) is 15.7. The molecule has 6 nitrogen and oxygen atoms in total. The van der Waals surface area contributed by atoms with Crippen molar-refractivity contribution in [2.24, 2.45) is 0 Å². The van der Waals surface area contributed by atoms with Gasteiger partial charge in [0.25, 0.3) is 0 Å². The predicted octanol–water partition coefficient (Wildman–Crippen LogP) is 2.68. The van der Waals surface area contributed by atoms with E-state index in [9.17, 15) is 4.79 Å².